The van der Waals surface area contributed by atoms with Crippen LogP contribution in [0.3, 0.4) is 0 Å². The number of ether oxygens (including phenoxy) is 1. The van der Waals surface area contributed by atoms with Gasteiger partial charge in [-0.2, -0.15) is 13.2 Å². The largest absolute Gasteiger partial charge is 0.417 e. The fraction of sp³-hybridized carbons (Fsp3) is 0.381. The van der Waals surface area contributed by atoms with E-state index in [9.17, 15) is 27.2 Å². The summed E-state index contributed by atoms with van der Waals surface area (Å²) in [5.74, 6) is -1.42. The smallest absolute Gasteiger partial charge is 0.363 e. The zero-order valence-corrected chi connectivity index (χ0v) is 16.4. The molecule has 0 N–H and O–H groups in total. The predicted molar refractivity (Wildman–Crippen MR) is 102 cm³/mol. The van der Waals surface area contributed by atoms with Gasteiger partial charge in [-0.3, -0.25) is 14.6 Å². The molecular weight excluding hydrogens is 418 g/mol. The number of benzene rings is 1. The number of carbonyl (C=O) groups excluding carboxylic acids is 2. The van der Waals surface area contributed by atoms with Gasteiger partial charge >= 0.3 is 6.18 Å². The van der Waals surface area contributed by atoms with Gasteiger partial charge in [0, 0.05) is 31.2 Å². The van der Waals surface area contributed by atoms with E-state index in [1.165, 1.54) is 34.1 Å². The maximum atomic E-state index is 13.2. The molecule has 2 aliphatic heterocycles. The van der Waals surface area contributed by atoms with Crippen LogP contribution in [0.1, 0.15) is 28.8 Å². The Hall–Kier alpha value is -3.01. The van der Waals surface area contributed by atoms with Crippen LogP contribution >= 0.6 is 0 Å². The van der Waals surface area contributed by atoms with Gasteiger partial charge in [0.1, 0.15) is 12.4 Å². The van der Waals surface area contributed by atoms with E-state index in [1.54, 1.807) is 0 Å². The molecule has 3 heterocycles. The zero-order valence-electron chi connectivity index (χ0n) is 16.4. The summed E-state index contributed by atoms with van der Waals surface area (Å²) in [6.07, 6.45) is -2.02. The van der Waals surface area contributed by atoms with Crippen molar-refractivity contribution >= 4 is 17.5 Å². The van der Waals surface area contributed by atoms with Crippen LogP contribution in [0.2, 0.25) is 0 Å². The molecule has 6 nitrogen and oxygen atoms in total. The fourth-order valence-corrected chi connectivity index (χ4v) is 3.97. The number of halogens is 4. The average molecular weight is 437 g/mol. The van der Waals surface area contributed by atoms with E-state index in [4.69, 9.17) is 4.74 Å². The van der Waals surface area contributed by atoms with E-state index in [1.807, 2.05) is 0 Å². The van der Waals surface area contributed by atoms with Gasteiger partial charge in [-0.05, 0) is 43.2 Å². The third-order valence-corrected chi connectivity index (χ3v) is 5.71. The molecule has 10 heteroatoms. The molecule has 0 aliphatic carbocycles. The molecule has 1 aromatic carbocycles. The van der Waals surface area contributed by atoms with Gasteiger partial charge < -0.3 is 14.5 Å². The number of rotatable bonds is 2. The first-order valence-corrected chi connectivity index (χ1v) is 9.69. The minimum atomic E-state index is -4.66. The fourth-order valence-electron chi connectivity index (χ4n) is 3.97. The lowest BCUT2D eigenvalue weighted by Crippen LogP contribution is -2.59. The molecular formula is C21H19F4N3O3. The number of carbonyl (C=O) groups is 2. The number of hydrogen-bond acceptors (Lipinski definition) is 4. The number of likely N-dealkylation sites (tertiary alicyclic amines) is 1. The van der Waals surface area contributed by atoms with Crippen LogP contribution < -0.4 is 4.90 Å². The highest BCUT2D eigenvalue weighted by Crippen LogP contribution is 2.35. The highest BCUT2D eigenvalue weighted by Gasteiger charge is 2.44. The first-order valence-electron chi connectivity index (χ1n) is 9.69. The number of hydrogen-bond donors (Lipinski definition) is 0. The molecule has 2 amide bonds. The summed E-state index contributed by atoms with van der Waals surface area (Å²) in [4.78, 5) is 31.6. The first kappa shape index (κ1) is 21.2. The molecule has 31 heavy (non-hydrogen) atoms. The van der Waals surface area contributed by atoms with Gasteiger partial charge in [0.15, 0.2) is 0 Å². The summed E-state index contributed by atoms with van der Waals surface area (Å²) >= 11 is 0. The summed E-state index contributed by atoms with van der Waals surface area (Å²) < 4.78 is 58.8. The van der Waals surface area contributed by atoms with Crippen LogP contribution in [0.5, 0.6) is 0 Å². The molecule has 164 valence electrons. The van der Waals surface area contributed by atoms with E-state index in [0.717, 1.165) is 18.5 Å². The maximum absolute atomic E-state index is 13.2. The molecule has 1 spiro atoms. The van der Waals surface area contributed by atoms with Crippen LogP contribution in [-0.2, 0) is 15.7 Å². The standard InChI is InChI=1S/C21H19F4N3O3/c22-14-1-3-15(4-2-14)28-13-20(31-12-18(28)29)6-9-27(10-7-20)19(30)16-11-26-8-5-17(16)21(23,24)25/h1-5,8,11H,6-7,9-10,12-13H2. The quantitative estimate of drug-likeness (QED) is 0.677. The van der Waals surface area contributed by atoms with Crippen LogP contribution in [0.15, 0.2) is 42.7 Å². The molecule has 4 rings (SSSR count). The summed E-state index contributed by atoms with van der Waals surface area (Å²) in [7, 11) is 0. The Bertz CT molecular complexity index is 986. The molecule has 0 radical (unpaired) electrons. The van der Waals surface area contributed by atoms with Gasteiger partial charge in [-0.25, -0.2) is 4.39 Å². The van der Waals surface area contributed by atoms with Crippen molar-refractivity contribution < 1.29 is 31.9 Å². The van der Waals surface area contributed by atoms with E-state index in [0.29, 0.717) is 18.5 Å². The number of pyridine rings is 1. The second kappa shape index (κ2) is 7.92. The number of anilines is 1. The van der Waals surface area contributed by atoms with E-state index in [-0.39, 0.29) is 32.1 Å². The first-order chi connectivity index (χ1) is 14.7. The molecule has 2 aliphatic rings. The lowest BCUT2D eigenvalue weighted by molar-refractivity contribution is -0.143. The van der Waals surface area contributed by atoms with Crippen molar-refractivity contribution in [1.29, 1.82) is 0 Å². The van der Waals surface area contributed by atoms with E-state index >= 15 is 0 Å². The number of nitrogens with zero attached hydrogens (tertiary/aromatic N) is 3. The third kappa shape index (κ3) is 4.25. The minimum Gasteiger partial charge on any atom is -0.363 e. The van der Waals surface area contributed by atoms with Crippen molar-refractivity contribution in [2.75, 3.05) is 31.1 Å². The Morgan fingerprint density at radius 1 is 1.10 bits per heavy atom. The molecule has 2 saturated heterocycles. The van der Waals surface area contributed by atoms with Gasteiger partial charge in [-0.1, -0.05) is 0 Å². The maximum Gasteiger partial charge on any atom is 0.417 e. The predicted octanol–water partition coefficient (Wildman–Crippen LogP) is 3.28. The Labute approximate surface area is 175 Å². The Kier molecular flexibility index (Phi) is 5.42. The normalized spacial score (nSPS) is 19.0. The van der Waals surface area contributed by atoms with Gasteiger partial charge in [0.2, 0.25) is 0 Å². The molecule has 0 saturated carbocycles. The van der Waals surface area contributed by atoms with E-state index in [2.05, 4.69) is 4.98 Å². The van der Waals surface area contributed by atoms with Gasteiger partial charge in [0.05, 0.1) is 23.3 Å². The van der Waals surface area contributed by atoms with Crippen molar-refractivity contribution in [1.82, 2.24) is 9.88 Å². The van der Waals surface area contributed by atoms with Crippen LogP contribution in [0.25, 0.3) is 0 Å². The highest BCUT2D eigenvalue weighted by atomic mass is 19.4. The van der Waals surface area contributed by atoms with Crippen molar-refractivity contribution in [3.8, 4) is 0 Å². The summed E-state index contributed by atoms with van der Waals surface area (Å²) in [5, 5.41) is 0. The molecule has 0 unspecified atom stereocenters. The highest BCUT2D eigenvalue weighted by molar-refractivity contribution is 5.96. The van der Waals surface area contributed by atoms with Crippen molar-refractivity contribution in [2.24, 2.45) is 0 Å². The average Bonchev–Trinajstić information content (AvgIpc) is 2.76. The lowest BCUT2D eigenvalue weighted by Gasteiger charge is -2.47. The molecule has 2 aromatic rings. The number of amides is 2. The molecule has 2 fully saturated rings. The SMILES string of the molecule is O=C(c1cnccc1C(F)(F)F)N1CCC2(CC1)CN(c1ccc(F)cc1)C(=O)CO2. The Morgan fingerprint density at radius 3 is 2.42 bits per heavy atom. The number of aromatic nitrogens is 1. The third-order valence-electron chi connectivity index (χ3n) is 5.71. The van der Waals surface area contributed by atoms with Crippen LogP contribution in [0, 0.1) is 5.82 Å². The molecule has 0 bridgehead atoms. The molecule has 1 aromatic heterocycles. The van der Waals surface area contributed by atoms with Crippen molar-refractivity contribution in [3.63, 3.8) is 0 Å². The minimum absolute atomic E-state index is 0.161. The van der Waals surface area contributed by atoms with Gasteiger partial charge in [-0.15, -0.1) is 0 Å². The second-order valence-electron chi connectivity index (χ2n) is 7.64. The Balaban J connectivity index is 1.48. The summed E-state index contributed by atoms with van der Waals surface area (Å²) in [5.41, 5.74) is -1.69. The number of alkyl halides is 3. The summed E-state index contributed by atoms with van der Waals surface area (Å²) in [6, 6.07) is 6.32. The second-order valence-corrected chi connectivity index (χ2v) is 7.64. The monoisotopic (exact) mass is 437 g/mol. The van der Waals surface area contributed by atoms with E-state index < -0.39 is 34.6 Å². The van der Waals surface area contributed by atoms with Crippen molar-refractivity contribution in [3.05, 3.63) is 59.7 Å². The number of morpholine rings is 1. The van der Waals surface area contributed by atoms with Crippen molar-refractivity contribution in [2.45, 2.75) is 24.6 Å². The number of piperidine rings is 1. The van der Waals surface area contributed by atoms with Crippen LogP contribution in [0.4, 0.5) is 23.2 Å². The van der Waals surface area contributed by atoms with Gasteiger partial charge in [0.25, 0.3) is 11.8 Å². The zero-order chi connectivity index (χ0) is 22.2. The Morgan fingerprint density at radius 2 is 1.77 bits per heavy atom. The van der Waals surface area contributed by atoms with Crippen LogP contribution in [-0.4, -0.2) is 53.5 Å². The lowest BCUT2D eigenvalue weighted by atomic mass is 9.88. The topological polar surface area (TPSA) is 62.7 Å². The molecule has 0 atom stereocenters. The summed E-state index contributed by atoms with van der Waals surface area (Å²) in [6.45, 7) is 0.416.